The number of hydrogen-bond donors (Lipinski definition) is 0. The summed E-state index contributed by atoms with van der Waals surface area (Å²) in [4.78, 5) is 28.6. The lowest BCUT2D eigenvalue weighted by Crippen LogP contribution is -2.51. The minimum Gasteiger partial charge on any atom is -0.462 e. The number of carbonyl (C=O) groups is 2. The van der Waals surface area contributed by atoms with E-state index in [1.165, 1.54) is 63.3 Å². The Balaban J connectivity index is 0.000000188. The average Bonchev–Trinajstić information content (AvgIpc) is 3.91. The zero-order chi connectivity index (χ0) is 37.3. The Bertz CT molecular complexity index is 1690. The number of carbonyl (C=O) groups excluding carboxylic acids is 2. The second-order valence-corrected chi connectivity index (χ2v) is 18.2. The van der Waals surface area contributed by atoms with Crippen molar-refractivity contribution in [3.8, 4) is 12.1 Å². The van der Waals surface area contributed by atoms with E-state index in [4.69, 9.17) is 4.74 Å². The first-order chi connectivity index (χ1) is 24.7. The number of benzene rings is 1. The van der Waals surface area contributed by atoms with Gasteiger partial charge in [0.1, 0.15) is 18.8 Å². The van der Waals surface area contributed by atoms with Crippen molar-refractivity contribution in [3.63, 3.8) is 0 Å². The molecule has 6 atom stereocenters. The fraction of sp³-hybridized carbons (Fsp3) is 0.682. The summed E-state index contributed by atoms with van der Waals surface area (Å²) in [7, 11) is 0. The molecule has 5 aliphatic rings. The molecular weight excluding hydrogens is 647 g/mol. The van der Waals surface area contributed by atoms with Crippen molar-refractivity contribution >= 4 is 11.8 Å². The van der Waals surface area contributed by atoms with Crippen LogP contribution in [0.25, 0.3) is 0 Å². The molecule has 278 valence electrons. The molecular formula is C44H59N5O3. The Morgan fingerprint density at radius 1 is 0.923 bits per heavy atom. The second-order valence-electron chi connectivity index (χ2n) is 18.2. The van der Waals surface area contributed by atoms with Crippen molar-refractivity contribution < 1.29 is 14.3 Å². The third-order valence-electron chi connectivity index (χ3n) is 14.2. The minimum absolute atomic E-state index is 0.0579. The van der Waals surface area contributed by atoms with Crippen LogP contribution in [0.15, 0.2) is 42.5 Å². The highest BCUT2D eigenvalue weighted by atomic mass is 16.5. The molecule has 0 N–H and O–H groups in total. The summed E-state index contributed by atoms with van der Waals surface area (Å²) < 4.78 is 7.90. The molecule has 4 saturated carbocycles. The lowest BCUT2D eigenvalue weighted by molar-refractivity contribution is -0.160. The lowest BCUT2D eigenvalue weighted by atomic mass is 9.47. The van der Waals surface area contributed by atoms with E-state index in [2.05, 4.69) is 36.1 Å². The molecule has 8 nitrogen and oxygen atoms in total. The normalized spacial score (nSPS) is 30.1. The highest BCUT2D eigenvalue weighted by Gasteiger charge is 2.60. The van der Waals surface area contributed by atoms with E-state index in [0.29, 0.717) is 30.6 Å². The SMILES string of the molecule is CC(C)(C#N)c1cc(Cn2cncn2)cc(C(C)(C)C#N)c1.C[C@]12CC[C@H]3[C@@H](CCC4=CC(=O)CC[C@@]43C)[C@@H]1CC[C@@H]2OC(=O)CCC1CCCC1. The molecule has 0 bridgehead atoms. The van der Waals surface area contributed by atoms with Crippen LogP contribution < -0.4 is 0 Å². The van der Waals surface area contributed by atoms with Crippen LogP contribution in [0.1, 0.15) is 148 Å². The Labute approximate surface area is 311 Å². The number of ketones is 1. The first-order valence-electron chi connectivity index (χ1n) is 19.9. The van der Waals surface area contributed by atoms with Crippen LogP contribution in [-0.2, 0) is 31.7 Å². The maximum absolute atomic E-state index is 12.7. The molecule has 0 amide bonds. The number of fused-ring (bicyclic) bond motifs is 5. The molecule has 0 spiro atoms. The Morgan fingerprint density at radius 2 is 1.62 bits per heavy atom. The highest BCUT2D eigenvalue weighted by Crippen LogP contribution is 2.65. The van der Waals surface area contributed by atoms with E-state index in [0.717, 1.165) is 60.6 Å². The van der Waals surface area contributed by atoms with Crippen molar-refractivity contribution in [1.82, 2.24) is 14.8 Å². The van der Waals surface area contributed by atoms with Gasteiger partial charge < -0.3 is 4.74 Å². The second kappa shape index (κ2) is 14.9. The molecule has 2 aromatic rings. The van der Waals surface area contributed by atoms with Crippen molar-refractivity contribution in [2.75, 3.05) is 0 Å². The molecule has 0 saturated heterocycles. The first kappa shape index (κ1) is 38.0. The largest absolute Gasteiger partial charge is 0.462 e. The molecule has 1 aromatic carbocycles. The van der Waals surface area contributed by atoms with Gasteiger partial charge in [0.05, 0.1) is 29.5 Å². The van der Waals surface area contributed by atoms with E-state index in [1.807, 2.05) is 52.0 Å². The number of hydrogen-bond acceptors (Lipinski definition) is 7. The average molecular weight is 706 g/mol. The molecule has 0 unspecified atom stereocenters. The quantitative estimate of drug-likeness (QED) is 0.251. The van der Waals surface area contributed by atoms with E-state index >= 15 is 0 Å². The maximum atomic E-state index is 12.7. The number of allylic oxidation sites excluding steroid dienone is 1. The van der Waals surface area contributed by atoms with Crippen LogP contribution in [0.2, 0.25) is 0 Å². The summed E-state index contributed by atoms with van der Waals surface area (Å²) in [5.41, 5.74) is 3.43. The van der Waals surface area contributed by atoms with Gasteiger partial charge in [-0.1, -0.05) is 63.3 Å². The van der Waals surface area contributed by atoms with Gasteiger partial charge in [0, 0.05) is 18.3 Å². The number of aromatic nitrogens is 3. The predicted octanol–water partition coefficient (Wildman–Crippen LogP) is 9.33. The van der Waals surface area contributed by atoms with Crippen LogP contribution in [0.3, 0.4) is 0 Å². The van der Waals surface area contributed by atoms with Gasteiger partial charge in [0.15, 0.2) is 5.78 Å². The third kappa shape index (κ3) is 7.64. The molecule has 1 aromatic heterocycles. The molecule has 5 aliphatic carbocycles. The number of nitrogens with zero attached hydrogens (tertiary/aromatic N) is 5. The third-order valence-corrected chi connectivity index (χ3v) is 14.2. The van der Waals surface area contributed by atoms with Gasteiger partial charge >= 0.3 is 5.97 Å². The van der Waals surface area contributed by atoms with E-state index in [-0.39, 0.29) is 22.9 Å². The van der Waals surface area contributed by atoms with Crippen LogP contribution in [0.5, 0.6) is 0 Å². The summed E-state index contributed by atoms with van der Waals surface area (Å²) in [5, 5.41) is 22.9. The zero-order valence-corrected chi connectivity index (χ0v) is 32.4. The number of rotatable bonds is 8. The van der Waals surface area contributed by atoms with Crippen LogP contribution in [0, 0.1) is 57.2 Å². The monoisotopic (exact) mass is 705 g/mol. The van der Waals surface area contributed by atoms with Crippen LogP contribution >= 0.6 is 0 Å². The van der Waals surface area contributed by atoms with Gasteiger partial charge in [0.25, 0.3) is 0 Å². The number of ether oxygens (including phenoxy) is 1. The molecule has 0 aliphatic heterocycles. The molecule has 1 heterocycles. The molecule has 0 radical (unpaired) electrons. The van der Waals surface area contributed by atoms with Crippen LogP contribution in [-0.4, -0.2) is 32.6 Å². The van der Waals surface area contributed by atoms with E-state index in [1.54, 1.807) is 11.0 Å². The number of nitriles is 2. The highest BCUT2D eigenvalue weighted by molar-refractivity contribution is 5.91. The summed E-state index contributed by atoms with van der Waals surface area (Å²) >= 11 is 0. The van der Waals surface area contributed by atoms with Gasteiger partial charge in [-0.15, -0.1) is 0 Å². The smallest absolute Gasteiger partial charge is 0.306 e. The predicted molar refractivity (Wildman–Crippen MR) is 201 cm³/mol. The summed E-state index contributed by atoms with van der Waals surface area (Å²) in [6.07, 6.45) is 21.0. The van der Waals surface area contributed by atoms with Crippen molar-refractivity contribution in [3.05, 3.63) is 59.2 Å². The zero-order valence-electron chi connectivity index (χ0n) is 32.4. The van der Waals surface area contributed by atoms with Crippen molar-refractivity contribution in [2.45, 2.75) is 155 Å². The Morgan fingerprint density at radius 3 is 2.25 bits per heavy atom. The number of esters is 1. The van der Waals surface area contributed by atoms with Gasteiger partial charge in [0.2, 0.25) is 0 Å². The maximum Gasteiger partial charge on any atom is 0.306 e. The van der Waals surface area contributed by atoms with Gasteiger partial charge in [-0.05, 0) is 131 Å². The summed E-state index contributed by atoms with van der Waals surface area (Å²) in [6, 6.07) is 10.6. The molecule has 4 fully saturated rings. The topological polar surface area (TPSA) is 122 Å². The molecule has 8 heteroatoms. The van der Waals surface area contributed by atoms with Gasteiger partial charge in [-0.3, -0.25) is 9.59 Å². The van der Waals surface area contributed by atoms with Gasteiger partial charge in [-0.2, -0.15) is 15.6 Å². The summed E-state index contributed by atoms with van der Waals surface area (Å²) in [6.45, 7) is 12.9. The van der Waals surface area contributed by atoms with E-state index in [9.17, 15) is 20.1 Å². The van der Waals surface area contributed by atoms with Gasteiger partial charge in [-0.25, -0.2) is 9.67 Å². The van der Waals surface area contributed by atoms with Crippen molar-refractivity contribution in [2.24, 2.45) is 34.5 Å². The van der Waals surface area contributed by atoms with Crippen molar-refractivity contribution in [1.29, 1.82) is 10.5 Å². The first-order valence-corrected chi connectivity index (χ1v) is 19.9. The molecule has 7 rings (SSSR count). The Hall–Kier alpha value is -3.78. The fourth-order valence-electron chi connectivity index (χ4n) is 10.7. The van der Waals surface area contributed by atoms with Crippen LogP contribution in [0.4, 0.5) is 0 Å². The lowest BCUT2D eigenvalue weighted by Gasteiger charge is -2.57. The fourth-order valence-corrected chi connectivity index (χ4v) is 10.7. The standard InChI is InChI=1S/C27H40O3.C17H19N5/c1-26-15-13-20(28)17-19(26)8-9-21-22-10-11-24(27(22,2)16-14-23(21)26)30-25(29)12-7-18-5-3-4-6-18;1-16(2,9-18)14-5-13(8-22-12-20-11-21-22)6-15(7-14)17(3,4)10-19/h17-18,21-24H,3-16H2,1-2H3;5-7,11-12H,8H2,1-4H3/t21-,22-,23-,24-,26-,27-;/m0./s1. The Kier molecular flexibility index (Phi) is 10.9. The van der Waals surface area contributed by atoms with E-state index < -0.39 is 10.8 Å². The summed E-state index contributed by atoms with van der Waals surface area (Å²) in [5.74, 6) is 3.28. The minimum atomic E-state index is -0.612. The molecule has 52 heavy (non-hydrogen) atoms.